The maximum absolute atomic E-state index is 10.6. The molecule has 0 atom stereocenters. The second-order valence-electron chi connectivity index (χ2n) is 2.68. The van der Waals surface area contributed by atoms with Gasteiger partial charge in [-0.1, -0.05) is 6.07 Å². The topological polar surface area (TPSA) is 88.1 Å². The van der Waals surface area contributed by atoms with E-state index in [1.165, 1.54) is 18.5 Å². The Morgan fingerprint density at radius 1 is 1.56 bits per heavy atom. The molecule has 0 spiro atoms. The molecule has 2 aromatic rings. The predicted octanol–water partition coefficient (Wildman–Crippen LogP) is 1.65. The van der Waals surface area contributed by atoms with Gasteiger partial charge in [-0.05, 0) is 11.1 Å². The van der Waals surface area contributed by atoms with Crippen LogP contribution in [-0.2, 0) is 15.1 Å². The SMILES string of the molecule is N#Cc1cncc2[n-]c(C(=O)O)cc12.[I][Os]. The van der Waals surface area contributed by atoms with Gasteiger partial charge in [0.25, 0.3) is 0 Å². The van der Waals surface area contributed by atoms with Gasteiger partial charge >= 0.3 is 40.7 Å². The van der Waals surface area contributed by atoms with Gasteiger partial charge in [-0.2, -0.15) is 5.26 Å². The Morgan fingerprint density at radius 3 is 2.81 bits per heavy atom. The third-order valence-corrected chi connectivity index (χ3v) is 1.83. The van der Waals surface area contributed by atoms with Gasteiger partial charge in [-0.15, -0.1) is 5.52 Å². The summed E-state index contributed by atoms with van der Waals surface area (Å²) in [4.78, 5) is 18.2. The fourth-order valence-corrected chi connectivity index (χ4v) is 1.20. The molecule has 5 nitrogen and oxygen atoms in total. The molecule has 0 fully saturated rings. The molecule has 0 bridgehead atoms. The first-order valence-corrected chi connectivity index (χ1v) is 11.1. The van der Waals surface area contributed by atoms with E-state index >= 15 is 0 Å². The Bertz CT molecular complexity index is 561. The number of hydrogen-bond acceptors (Lipinski definition) is 3. The molecule has 0 unspecified atom stereocenters. The number of carboxylic acid groups (broad SMARTS) is 1. The van der Waals surface area contributed by atoms with Gasteiger partial charge < -0.3 is 10.1 Å². The number of aromatic carboxylic acids is 1. The summed E-state index contributed by atoms with van der Waals surface area (Å²) < 4.78 is 0. The number of carbonyl (C=O) groups is 1. The van der Waals surface area contributed by atoms with E-state index in [9.17, 15) is 4.79 Å². The van der Waals surface area contributed by atoms with Crippen molar-refractivity contribution in [3.63, 3.8) is 0 Å². The van der Waals surface area contributed by atoms with E-state index < -0.39 is 5.97 Å². The number of fused-ring (bicyclic) bond motifs is 1. The Balaban J connectivity index is 0.000000606. The average molecular weight is 503 g/mol. The molecule has 2 rings (SSSR count). The average Bonchev–Trinajstić information content (AvgIpc) is 2.75. The summed E-state index contributed by atoms with van der Waals surface area (Å²) in [6, 6.07) is 3.30. The molecule has 0 radical (unpaired) electrons. The van der Waals surface area contributed by atoms with Crippen molar-refractivity contribution in [1.29, 1.82) is 5.26 Å². The molecule has 0 aliphatic rings. The van der Waals surface area contributed by atoms with Crippen LogP contribution >= 0.6 is 19.7 Å². The predicted molar refractivity (Wildman–Crippen MR) is 60.8 cm³/mol. The molecule has 2 heterocycles. The quantitative estimate of drug-likeness (QED) is 0.599. The summed E-state index contributed by atoms with van der Waals surface area (Å²) in [7, 11) is 0. The van der Waals surface area contributed by atoms with E-state index in [4.69, 9.17) is 10.4 Å². The van der Waals surface area contributed by atoms with Gasteiger partial charge in [0.2, 0.25) is 0 Å². The van der Waals surface area contributed by atoms with Crippen LogP contribution < -0.4 is 4.98 Å². The number of aromatic nitrogens is 2. The van der Waals surface area contributed by atoms with Gasteiger partial charge in [0.15, 0.2) is 0 Å². The number of halogens is 1. The first-order chi connectivity index (χ1) is 7.72. The van der Waals surface area contributed by atoms with Gasteiger partial charge in [0.05, 0.1) is 5.56 Å². The van der Waals surface area contributed by atoms with Crippen LogP contribution in [0, 0.1) is 11.3 Å². The molecular weight excluding hydrogens is 499 g/mol. The van der Waals surface area contributed by atoms with E-state index in [2.05, 4.69) is 29.6 Å². The molecule has 7 heteroatoms. The summed E-state index contributed by atoms with van der Waals surface area (Å²) in [5, 5.41) is 17.9. The molecule has 0 aliphatic heterocycles. The summed E-state index contributed by atoms with van der Waals surface area (Å²) >= 11 is 4.01. The van der Waals surface area contributed by atoms with Crippen molar-refractivity contribution >= 4 is 36.5 Å². The van der Waals surface area contributed by atoms with Crippen molar-refractivity contribution < 1.29 is 25.0 Å². The molecule has 0 saturated carbocycles. The van der Waals surface area contributed by atoms with Crippen molar-refractivity contribution in [2.24, 2.45) is 0 Å². The van der Waals surface area contributed by atoms with Crippen molar-refractivity contribution in [2.45, 2.75) is 0 Å². The third kappa shape index (κ3) is 2.58. The molecule has 0 saturated heterocycles. The number of nitrogens with zero attached hydrogens (tertiary/aromatic N) is 3. The molecular formula is C9H4IN3O2Os-. The van der Waals surface area contributed by atoms with E-state index in [-0.39, 0.29) is 5.69 Å². The second-order valence-corrected chi connectivity index (χ2v) is 2.68. The number of pyridine rings is 1. The zero-order chi connectivity index (χ0) is 12.1. The Kier molecular flexibility index (Phi) is 4.85. The van der Waals surface area contributed by atoms with Gasteiger partial charge in [0.1, 0.15) is 6.07 Å². The van der Waals surface area contributed by atoms with Crippen LogP contribution in [-0.4, -0.2) is 16.1 Å². The summed E-state index contributed by atoms with van der Waals surface area (Å²) in [5.41, 5.74) is 0.702. The summed E-state index contributed by atoms with van der Waals surface area (Å²) in [6.45, 7) is 0. The maximum atomic E-state index is 10.6. The monoisotopic (exact) mass is 505 g/mol. The van der Waals surface area contributed by atoms with Gasteiger partial charge in [-0.3, -0.25) is 4.98 Å². The molecule has 16 heavy (non-hydrogen) atoms. The number of rotatable bonds is 1. The van der Waals surface area contributed by atoms with Crippen molar-refractivity contribution in [3.05, 3.63) is 29.7 Å². The molecule has 2 aromatic heterocycles. The van der Waals surface area contributed by atoms with Crippen LogP contribution in [0.25, 0.3) is 10.9 Å². The zero-order valence-electron chi connectivity index (χ0n) is 7.66. The Hall–Kier alpha value is -0.984. The van der Waals surface area contributed by atoms with E-state index in [1.54, 1.807) is 0 Å². The van der Waals surface area contributed by atoms with Crippen molar-refractivity contribution in [3.8, 4) is 6.07 Å². The van der Waals surface area contributed by atoms with Crippen LogP contribution in [0.1, 0.15) is 16.1 Å². The molecule has 0 amide bonds. The van der Waals surface area contributed by atoms with Crippen LogP contribution in [0.15, 0.2) is 18.5 Å². The van der Waals surface area contributed by atoms with Crippen LogP contribution in [0.5, 0.6) is 0 Å². The Morgan fingerprint density at radius 2 is 2.25 bits per heavy atom. The van der Waals surface area contributed by atoms with Gasteiger partial charge in [0, 0.05) is 12.4 Å². The van der Waals surface area contributed by atoms with Crippen molar-refractivity contribution in [1.82, 2.24) is 9.97 Å². The van der Waals surface area contributed by atoms with Crippen LogP contribution in [0.2, 0.25) is 0 Å². The molecule has 1 N–H and O–H groups in total. The number of nitriles is 1. The minimum atomic E-state index is -1.11. The zero-order valence-corrected chi connectivity index (χ0v) is 12.4. The summed E-state index contributed by atoms with van der Waals surface area (Å²) in [5.74, 6) is -1.11. The normalized spacial score (nSPS) is 9.06. The standard InChI is InChI=1S/C9H5N3O2.HI.Os/c10-2-5-3-11-4-8-6(5)1-7(12-8)9(13)14;;/h1,3-4,10H,(H,13,14);1H;/q;;+1/p-2. The van der Waals surface area contributed by atoms with Gasteiger partial charge in [-0.25, -0.2) is 4.79 Å². The fourth-order valence-electron chi connectivity index (χ4n) is 1.20. The summed E-state index contributed by atoms with van der Waals surface area (Å²) in [6.07, 6.45) is 2.82. The second kappa shape index (κ2) is 5.93. The third-order valence-electron chi connectivity index (χ3n) is 1.83. The van der Waals surface area contributed by atoms with Crippen LogP contribution in [0.3, 0.4) is 0 Å². The molecule has 83 valence electrons. The number of carboxylic acids is 1. The number of hydrogen-bond donors (Lipinski definition) is 1. The Labute approximate surface area is 112 Å². The first-order valence-electron chi connectivity index (χ1n) is 3.90. The first kappa shape index (κ1) is 13.1. The van der Waals surface area contributed by atoms with Crippen LogP contribution in [0.4, 0.5) is 0 Å². The fraction of sp³-hybridized carbons (Fsp3) is 0. The molecule has 0 aliphatic carbocycles. The van der Waals surface area contributed by atoms with Crippen molar-refractivity contribution in [2.75, 3.05) is 0 Å². The van der Waals surface area contributed by atoms with E-state index in [0.29, 0.717) is 16.5 Å². The van der Waals surface area contributed by atoms with E-state index in [1.807, 2.05) is 21.1 Å². The minimum absolute atomic E-state index is 0.0653. The molecule has 0 aromatic carbocycles. The van der Waals surface area contributed by atoms with E-state index in [0.717, 1.165) is 0 Å².